The number of likely N-dealkylation sites (tertiary alicyclic amines) is 1. The quantitative estimate of drug-likeness (QED) is 0.507. The number of carboxylic acid groups (broad SMARTS) is 1. The average Bonchev–Trinajstić information content (AvgIpc) is 2.34. The van der Waals surface area contributed by atoms with Crippen LogP contribution in [0.15, 0.2) is 0 Å². The van der Waals surface area contributed by atoms with Crippen LogP contribution in [-0.2, 0) is 14.4 Å². The van der Waals surface area contributed by atoms with E-state index in [4.69, 9.17) is 0 Å². The van der Waals surface area contributed by atoms with Gasteiger partial charge in [-0.1, -0.05) is 0 Å². The molecule has 0 aromatic rings. The molecule has 0 spiro atoms. The van der Waals surface area contributed by atoms with Crippen LogP contribution in [-0.4, -0.2) is 29.2 Å². The second kappa shape index (κ2) is 4.02. The Morgan fingerprint density at radius 2 is 1.85 bits per heavy atom. The molecule has 0 atom stereocenters. The van der Waals surface area contributed by atoms with Crippen LogP contribution < -0.4 is 5.11 Å². The molecule has 0 aliphatic carbocycles. The molecule has 0 unspecified atom stereocenters. The lowest BCUT2D eigenvalue weighted by atomic mass is 10.3. The fourth-order valence-electron chi connectivity index (χ4n) is 1.25. The molecular formula is C8H10NO4-. The number of carbonyl (C=O) groups is 3. The van der Waals surface area contributed by atoms with Crippen molar-refractivity contribution in [3.63, 3.8) is 0 Å². The largest absolute Gasteiger partial charge is 0.550 e. The predicted molar refractivity (Wildman–Crippen MR) is 40.2 cm³/mol. The van der Waals surface area contributed by atoms with Crippen molar-refractivity contribution in [3.05, 3.63) is 0 Å². The number of carbonyl (C=O) groups excluding carboxylic acids is 3. The molecule has 0 saturated carbocycles. The zero-order valence-electron chi connectivity index (χ0n) is 7.12. The molecule has 1 fully saturated rings. The molecule has 1 heterocycles. The van der Waals surface area contributed by atoms with E-state index in [1.165, 1.54) is 0 Å². The molecule has 1 saturated heterocycles. The minimum absolute atomic E-state index is 0.114. The Kier molecular flexibility index (Phi) is 3.00. The van der Waals surface area contributed by atoms with Gasteiger partial charge in [-0.2, -0.15) is 0 Å². The molecule has 5 nitrogen and oxygen atoms in total. The molecular weight excluding hydrogens is 174 g/mol. The first-order valence-electron chi connectivity index (χ1n) is 4.14. The Bertz CT molecular complexity index is 233. The molecule has 0 bridgehead atoms. The fourth-order valence-corrected chi connectivity index (χ4v) is 1.25. The van der Waals surface area contributed by atoms with Gasteiger partial charge in [-0.25, -0.2) is 0 Å². The summed E-state index contributed by atoms with van der Waals surface area (Å²) < 4.78 is 0. The van der Waals surface area contributed by atoms with Crippen LogP contribution in [0.1, 0.15) is 25.7 Å². The summed E-state index contributed by atoms with van der Waals surface area (Å²) in [6.45, 7) is 0.200. The number of rotatable bonds is 4. The first-order chi connectivity index (χ1) is 6.11. The number of nitrogens with zero attached hydrogens (tertiary/aromatic N) is 1. The van der Waals surface area contributed by atoms with E-state index in [0.29, 0.717) is 0 Å². The van der Waals surface area contributed by atoms with Gasteiger partial charge >= 0.3 is 0 Å². The summed E-state index contributed by atoms with van der Waals surface area (Å²) in [4.78, 5) is 33.2. The average molecular weight is 184 g/mol. The van der Waals surface area contributed by atoms with Crippen molar-refractivity contribution in [2.24, 2.45) is 0 Å². The topological polar surface area (TPSA) is 77.5 Å². The highest BCUT2D eigenvalue weighted by molar-refractivity contribution is 6.01. The summed E-state index contributed by atoms with van der Waals surface area (Å²) in [5.41, 5.74) is 0. The minimum Gasteiger partial charge on any atom is -0.550 e. The summed E-state index contributed by atoms with van der Waals surface area (Å²) in [7, 11) is 0. The van der Waals surface area contributed by atoms with Crippen LogP contribution in [0.4, 0.5) is 0 Å². The molecule has 0 N–H and O–H groups in total. The van der Waals surface area contributed by atoms with Gasteiger partial charge in [0.25, 0.3) is 0 Å². The maximum Gasteiger partial charge on any atom is 0.229 e. The molecule has 2 amide bonds. The highest BCUT2D eigenvalue weighted by Crippen LogP contribution is 2.11. The molecule has 0 radical (unpaired) electrons. The van der Waals surface area contributed by atoms with Gasteiger partial charge in [-0.3, -0.25) is 14.5 Å². The monoisotopic (exact) mass is 184 g/mol. The molecule has 1 aliphatic heterocycles. The fraction of sp³-hybridized carbons (Fsp3) is 0.625. The van der Waals surface area contributed by atoms with Gasteiger partial charge in [-0.05, 0) is 12.8 Å². The van der Waals surface area contributed by atoms with Crippen molar-refractivity contribution in [1.29, 1.82) is 0 Å². The van der Waals surface area contributed by atoms with Crippen LogP contribution in [0.5, 0.6) is 0 Å². The van der Waals surface area contributed by atoms with Crippen LogP contribution in [0.3, 0.4) is 0 Å². The number of imide groups is 1. The smallest absolute Gasteiger partial charge is 0.229 e. The maximum absolute atomic E-state index is 11.0. The van der Waals surface area contributed by atoms with Crippen molar-refractivity contribution in [1.82, 2.24) is 4.90 Å². The number of hydrogen-bond acceptors (Lipinski definition) is 4. The molecule has 0 aromatic carbocycles. The van der Waals surface area contributed by atoms with Gasteiger partial charge in [0.05, 0.1) is 0 Å². The molecule has 5 heteroatoms. The third kappa shape index (κ3) is 2.54. The second-order valence-electron chi connectivity index (χ2n) is 2.91. The lowest BCUT2D eigenvalue weighted by Crippen LogP contribution is -2.31. The molecule has 13 heavy (non-hydrogen) atoms. The molecule has 0 aromatic heterocycles. The van der Waals surface area contributed by atoms with Gasteiger partial charge in [-0.15, -0.1) is 0 Å². The number of carboxylic acids is 1. The van der Waals surface area contributed by atoms with Crippen LogP contribution in [0.2, 0.25) is 0 Å². The lowest BCUT2D eigenvalue weighted by Gasteiger charge is -2.13. The van der Waals surface area contributed by atoms with Gasteiger partial charge in [0.1, 0.15) is 0 Å². The van der Waals surface area contributed by atoms with E-state index in [-0.39, 0.29) is 44.0 Å². The third-order valence-electron chi connectivity index (χ3n) is 1.92. The Morgan fingerprint density at radius 3 is 2.31 bits per heavy atom. The first kappa shape index (κ1) is 9.70. The minimum atomic E-state index is -1.15. The van der Waals surface area contributed by atoms with Gasteiger partial charge in [0.15, 0.2) is 0 Å². The Labute approximate surface area is 75.3 Å². The zero-order valence-corrected chi connectivity index (χ0v) is 7.12. The van der Waals surface area contributed by atoms with Crippen LogP contribution >= 0.6 is 0 Å². The number of amides is 2. The number of aliphatic carboxylic acids is 1. The van der Waals surface area contributed by atoms with E-state index in [9.17, 15) is 19.5 Å². The third-order valence-corrected chi connectivity index (χ3v) is 1.92. The van der Waals surface area contributed by atoms with Gasteiger partial charge in [0.2, 0.25) is 11.8 Å². The standard InChI is InChI=1S/C8H11NO4/c10-6-3-4-7(11)9(6)5-1-2-8(12)13/h1-5H2,(H,12,13)/p-1. The summed E-state index contributed by atoms with van der Waals surface area (Å²) in [5.74, 6) is -1.56. The molecule has 1 aliphatic rings. The van der Waals surface area contributed by atoms with E-state index >= 15 is 0 Å². The van der Waals surface area contributed by atoms with E-state index in [1.807, 2.05) is 0 Å². The Balaban J connectivity index is 2.31. The van der Waals surface area contributed by atoms with Crippen molar-refractivity contribution >= 4 is 17.8 Å². The summed E-state index contributed by atoms with van der Waals surface area (Å²) >= 11 is 0. The van der Waals surface area contributed by atoms with Crippen molar-refractivity contribution < 1.29 is 19.5 Å². The highest BCUT2D eigenvalue weighted by atomic mass is 16.4. The Hall–Kier alpha value is -1.39. The van der Waals surface area contributed by atoms with E-state index in [0.717, 1.165) is 4.90 Å². The summed E-state index contributed by atoms with van der Waals surface area (Å²) in [6, 6.07) is 0. The van der Waals surface area contributed by atoms with E-state index in [2.05, 4.69) is 0 Å². The zero-order chi connectivity index (χ0) is 9.84. The number of hydrogen-bond donors (Lipinski definition) is 0. The summed E-state index contributed by atoms with van der Waals surface area (Å²) in [6.07, 6.45) is 0.672. The highest BCUT2D eigenvalue weighted by Gasteiger charge is 2.27. The van der Waals surface area contributed by atoms with E-state index < -0.39 is 5.97 Å². The Morgan fingerprint density at radius 1 is 1.31 bits per heavy atom. The second-order valence-corrected chi connectivity index (χ2v) is 2.91. The van der Waals surface area contributed by atoms with Crippen LogP contribution in [0, 0.1) is 0 Å². The predicted octanol–water partition coefficient (Wildman–Crippen LogP) is -1.33. The SMILES string of the molecule is O=C([O-])CCCN1C(=O)CCC1=O. The van der Waals surface area contributed by atoms with Crippen LogP contribution in [0.25, 0.3) is 0 Å². The van der Waals surface area contributed by atoms with Gasteiger partial charge < -0.3 is 9.90 Å². The molecule has 1 rings (SSSR count). The first-order valence-corrected chi connectivity index (χ1v) is 4.14. The van der Waals surface area contributed by atoms with Crippen molar-refractivity contribution in [3.8, 4) is 0 Å². The lowest BCUT2D eigenvalue weighted by molar-refractivity contribution is -0.305. The summed E-state index contributed by atoms with van der Waals surface area (Å²) in [5, 5.41) is 10.0. The molecule has 72 valence electrons. The van der Waals surface area contributed by atoms with Crippen molar-refractivity contribution in [2.45, 2.75) is 25.7 Å². The van der Waals surface area contributed by atoms with E-state index in [1.54, 1.807) is 0 Å². The van der Waals surface area contributed by atoms with Gasteiger partial charge in [0, 0.05) is 25.4 Å². The maximum atomic E-state index is 11.0. The normalized spacial score (nSPS) is 16.8. The van der Waals surface area contributed by atoms with Crippen molar-refractivity contribution in [2.75, 3.05) is 6.54 Å².